The number of hydrogen-bond donors (Lipinski definition) is 0. The zero-order chi connectivity index (χ0) is 31.5. The summed E-state index contributed by atoms with van der Waals surface area (Å²) in [6.07, 6.45) is -0.153. The van der Waals surface area contributed by atoms with Crippen molar-refractivity contribution >= 4 is 41.0 Å². The van der Waals surface area contributed by atoms with Crippen LogP contribution in [0.1, 0.15) is 63.4 Å². The van der Waals surface area contributed by atoms with Crippen LogP contribution >= 0.6 is 23.2 Å². The van der Waals surface area contributed by atoms with Gasteiger partial charge >= 0.3 is 6.03 Å². The largest absolute Gasteiger partial charge is 0.491 e. The van der Waals surface area contributed by atoms with Crippen LogP contribution in [-0.2, 0) is 4.79 Å². The third-order valence-electron chi connectivity index (χ3n) is 7.62. The van der Waals surface area contributed by atoms with Crippen molar-refractivity contribution in [3.63, 3.8) is 0 Å². The molecule has 44 heavy (non-hydrogen) atoms. The third kappa shape index (κ3) is 6.97. The van der Waals surface area contributed by atoms with Crippen molar-refractivity contribution in [3.8, 4) is 11.5 Å². The molecule has 2 heterocycles. The first-order chi connectivity index (χ1) is 21.0. The van der Waals surface area contributed by atoms with E-state index in [0.29, 0.717) is 59.1 Å². The van der Waals surface area contributed by atoms with Crippen LogP contribution in [0.2, 0.25) is 10.0 Å². The van der Waals surface area contributed by atoms with E-state index in [9.17, 15) is 9.59 Å². The molecule has 0 aliphatic carbocycles. The van der Waals surface area contributed by atoms with E-state index in [1.54, 1.807) is 21.6 Å². The molecule has 3 aromatic carbocycles. The highest BCUT2D eigenvalue weighted by atomic mass is 35.5. The normalized spacial score (nSPS) is 18.6. The van der Waals surface area contributed by atoms with E-state index in [2.05, 4.69) is 0 Å². The maximum atomic E-state index is 14.6. The Morgan fingerprint density at radius 2 is 1.32 bits per heavy atom. The van der Waals surface area contributed by atoms with E-state index in [0.717, 1.165) is 11.1 Å². The number of amidine groups is 1. The molecule has 2 unspecified atom stereocenters. The number of rotatable bonds is 7. The molecular weight excluding hydrogens is 599 g/mol. The van der Waals surface area contributed by atoms with Crippen molar-refractivity contribution in [2.24, 2.45) is 4.99 Å². The van der Waals surface area contributed by atoms with Crippen LogP contribution in [0.15, 0.2) is 71.7 Å². The van der Waals surface area contributed by atoms with Gasteiger partial charge in [-0.1, -0.05) is 47.5 Å². The number of carbonyl (C=O) groups excluding carboxylic acids is 2. The summed E-state index contributed by atoms with van der Waals surface area (Å²) >= 11 is 12.6. The lowest BCUT2D eigenvalue weighted by Gasteiger charge is -2.39. The van der Waals surface area contributed by atoms with Gasteiger partial charge in [-0.3, -0.25) is 14.7 Å². The molecule has 1 fully saturated rings. The van der Waals surface area contributed by atoms with Crippen molar-refractivity contribution < 1.29 is 19.1 Å². The molecule has 2 aliphatic heterocycles. The summed E-state index contributed by atoms with van der Waals surface area (Å²) < 4.78 is 12.3. The number of halogens is 2. The van der Waals surface area contributed by atoms with Gasteiger partial charge in [-0.05, 0) is 75.2 Å². The topological polar surface area (TPSA) is 74.7 Å². The fourth-order valence-corrected chi connectivity index (χ4v) is 5.86. The number of benzene rings is 3. The second-order valence-corrected chi connectivity index (χ2v) is 12.5. The first-order valence-corrected chi connectivity index (χ1v) is 15.7. The maximum Gasteiger partial charge on any atom is 0.326 e. The van der Waals surface area contributed by atoms with Crippen molar-refractivity contribution in [1.82, 2.24) is 14.7 Å². The Labute approximate surface area is 269 Å². The number of urea groups is 1. The minimum absolute atomic E-state index is 0.00143. The molecule has 232 valence electrons. The Bertz CT molecular complexity index is 1520. The van der Waals surface area contributed by atoms with Crippen LogP contribution in [0.25, 0.3) is 0 Å². The van der Waals surface area contributed by atoms with E-state index in [1.165, 1.54) is 0 Å². The maximum absolute atomic E-state index is 14.6. The van der Waals surface area contributed by atoms with Crippen LogP contribution in [0.4, 0.5) is 4.79 Å². The summed E-state index contributed by atoms with van der Waals surface area (Å²) in [7, 11) is 0. The van der Waals surface area contributed by atoms with E-state index in [4.69, 9.17) is 37.7 Å². The van der Waals surface area contributed by atoms with Gasteiger partial charge in [0.25, 0.3) is 0 Å². The molecular formula is C34H38Cl2N4O4. The van der Waals surface area contributed by atoms with E-state index < -0.39 is 12.1 Å². The summed E-state index contributed by atoms with van der Waals surface area (Å²) in [6.45, 7) is 11.2. The van der Waals surface area contributed by atoms with Crippen molar-refractivity contribution in [2.45, 2.75) is 58.9 Å². The van der Waals surface area contributed by atoms with E-state index >= 15 is 0 Å². The number of aliphatic imine (C=N–C) groups is 1. The van der Waals surface area contributed by atoms with Gasteiger partial charge < -0.3 is 19.3 Å². The minimum Gasteiger partial charge on any atom is -0.491 e. The number of hydrogen-bond acceptors (Lipinski definition) is 5. The summed E-state index contributed by atoms with van der Waals surface area (Å²) in [5.74, 6) is 1.74. The fourth-order valence-electron chi connectivity index (χ4n) is 5.60. The number of carbonyl (C=O) groups is 2. The minimum atomic E-state index is -0.486. The van der Waals surface area contributed by atoms with Gasteiger partial charge in [-0.25, -0.2) is 4.79 Å². The van der Waals surface area contributed by atoms with E-state index in [-0.39, 0.29) is 24.1 Å². The monoisotopic (exact) mass is 636 g/mol. The van der Waals surface area contributed by atoms with Gasteiger partial charge in [-0.15, -0.1) is 0 Å². The molecule has 10 heteroatoms. The van der Waals surface area contributed by atoms with Crippen LogP contribution < -0.4 is 9.47 Å². The van der Waals surface area contributed by atoms with Crippen molar-refractivity contribution in [2.75, 3.05) is 26.2 Å². The Balaban J connectivity index is 1.66. The lowest BCUT2D eigenvalue weighted by atomic mass is 9.93. The van der Waals surface area contributed by atoms with Crippen molar-refractivity contribution in [1.29, 1.82) is 0 Å². The summed E-state index contributed by atoms with van der Waals surface area (Å²) in [5.41, 5.74) is 2.48. The van der Waals surface area contributed by atoms with E-state index in [1.807, 2.05) is 94.4 Å². The van der Waals surface area contributed by atoms with Crippen LogP contribution in [0.5, 0.6) is 11.5 Å². The van der Waals surface area contributed by atoms with Gasteiger partial charge in [0.05, 0.1) is 23.8 Å². The second kappa shape index (κ2) is 13.5. The first kappa shape index (κ1) is 31.7. The molecule has 2 atom stereocenters. The summed E-state index contributed by atoms with van der Waals surface area (Å²) in [6, 6.07) is 19.6. The highest BCUT2D eigenvalue weighted by Crippen LogP contribution is 2.46. The number of amides is 3. The quantitative estimate of drug-likeness (QED) is 0.271. The number of piperazine rings is 1. The lowest BCUT2D eigenvalue weighted by Crippen LogP contribution is -2.54. The molecule has 0 N–H and O–H groups in total. The van der Waals surface area contributed by atoms with Gasteiger partial charge in [-0.2, -0.15) is 0 Å². The second-order valence-electron chi connectivity index (χ2n) is 11.6. The van der Waals surface area contributed by atoms with Gasteiger partial charge in [0.2, 0.25) is 5.91 Å². The van der Waals surface area contributed by atoms with Gasteiger partial charge in [0.1, 0.15) is 23.4 Å². The molecule has 1 saturated heterocycles. The molecule has 0 spiro atoms. The zero-order valence-corrected chi connectivity index (χ0v) is 27.2. The van der Waals surface area contributed by atoms with Crippen LogP contribution in [0.3, 0.4) is 0 Å². The molecule has 0 saturated carbocycles. The third-order valence-corrected chi connectivity index (χ3v) is 8.12. The molecule has 0 radical (unpaired) electrons. The Morgan fingerprint density at radius 1 is 0.773 bits per heavy atom. The summed E-state index contributed by atoms with van der Waals surface area (Å²) in [4.78, 5) is 37.3. The SMILES string of the molecule is CC(=O)N1CCN(C(=O)N2C(c3ccc(OC(C)C)cc3OC(C)C)=NC(c3ccc(Cl)cc3)C2c2ccc(Cl)cc2)CC1. The Kier molecular flexibility index (Phi) is 9.71. The summed E-state index contributed by atoms with van der Waals surface area (Å²) in [5, 5.41) is 1.21. The molecule has 5 rings (SSSR count). The number of nitrogens with zero attached hydrogens (tertiary/aromatic N) is 4. The smallest absolute Gasteiger partial charge is 0.326 e. The predicted molar refractivity (Wildman–Crippen MR) is 174 cm³/mol. The Hall–Kier alpha value is -3.75. The molecule has 8 nitrogen and oxygen atoms in total. The number of ether oxygens (including phenoxy) is 2. The average molecular weight is 638 g/mol. The highest BCUT2D eigenvalue weighted by molar-refractivity contribution is 6.30. The molecule has 2 aliphatic rings. The predicted octanol–water partition coefficient (Wildman–Crippen LogP) is 7.40. The van der Waals surface area contributed by atoms with Crippen LogP contribution in [0, 0.1) is 0 Å². The van der Waals surface area contributed by atoms with Gasteiger partial charge in [0.15, 0.2) is 0 Å². The Morgan fingerprint density at radius 3 is 1.86 bits per heavy atom. The molecule has 0 aromatic heterocycles. The standard InChI is InChI=1S/C34H38Cl2N4O4/c1-21(2)43-28-14-15-29(30(20-28)44-22(3)4)33-37-31(24-6-10-26(35)11-7-24)32(25-8-12-27(36)13-9-25)40(33)34(42)39-18-16-38(17-19-39)23(5)41/h6-15,20-22,31-32H,16-19H2,1-5H3. The van der Waals surface area contributed by atoms with Gasteiger partial charge in [0, 0.05) is 49.2 Å². The fraction of sp³-hybridized carbons (Fsp3) is 0.382. The molecule has 0 bridgehead atoms. The molecule has 3 aromatic rings. The van der Waals surface area contributed by atoms with Crippen LogP contribution in [-0.4, -0.2) is 70.9 Å². The lowest BCUT2D eigenvalue weighted by molar-refractivity contribution is -0.130. The first-order valence-electron chi connectivity index (χ1n) is 14.9. The van der Waals surface area contributed by atoms with Crippen molar-refractivity contribution in [3.05, 3.63) is 93.5 Å². The zero-order valence-electron chi connectivity index (χ0n) is 25.7. The molecule has 3 amide bonds. The average Bonchev–Trinajstić information content (AvgIpc) is 3.37. The highest BCUT2D eigenvalue weighted by Gasteiger charge is 2.45.